The van der Waals surface area contributed by atoms with Gasteiger partial charge in [-0.1, -0.05) is 11.6 Å². The van der Waals surface area contributed by atoms with Crippen LogP contribution in [0.1, 0.15) is 13.3 Å². The average Bonchev–Trinajstić information content (AvgIpc) is 2.82. The molecule has 1 aromatic carbocycles. The fourth-order valence-corrected chi connectivity index (χ4v) is 2.54. The Bertz CT molecular complexity index is 576. The second-order valence-electron chi connectivity index (χ2n) is 4.59. The van der Waals surface area contributed by atoms with Crippen LogP contribution >= 0.6 is 34.8 Å². The predicted molar refractivity (Wildman–Crippen MR) is 73.9 cm³/mol. The molecule has 0 aliphatic heterocycles. The van der Waals surface area contributed by atoms with Gasteiger partial charge in [0.25, 0.3) is 5.69 Å². The van der Waals surface area contributed by atoms with Crippen LogP contribution in [-0.2, 0) is 4.79 Å². The van der Waals surface area contributed by atoms with Gasteiger partial charge in [-0.15, -0.1) is 23.2 Å². The number of alkyl halides is 2. The minimum Gasteiger partial charge on any atom is -0.325 e. The summed E-state index contributed by atoms with van der Waals surface area (Å²) in [5.74, 6) is -0.380. The molecule has 102 valence electrons. The lowest BCUT2D eigenvalue weighted by atomic mass is 10.1. The molecular formula is C11H9Cl3N2O3. The SMILES string of the molecule is CC1(C(=O)Nc2ccc(Cl)c([N+](=O)[O-])c2)CC1(Cl)Cl. The van der Waals surface area contributed by atoms with Crippen molar-refractivity contribution >= 4 is 52.1 Å². The van der Waals surface area contributed by atoms with Crippen LogP contribution in [0, 0.1) is 15.5 Å². The lowest BCUT2D eigenvalue weighted by molar-refractivity contribution is -0.384. The van der Waals surface area contributed by atoms with E-state index in [9.17, 15) is 14.9 Å². The first-order valence-electron chi connectivity index (χ1n) is 5.30. The second-order valence-corrected chi connectivity index (χ2v) is 6.48. The summed E-state index contributed by atoms with van der Waals surface area (Å²) in [7, 11) is 0. The Morgan fingerprint density at radius 2 is 2.05 bits per heavy atom. The summed E-state index contributed by atoms with van der Waals surface area (Å²) >= 11 is 17.5. The molecule has 0 spiro atoms. The van der Waals surface area contributed by atoms with Gasteiger partial charge in [-0.3, -0.25) is 14.9 Å². The molecule has 1 N–H and O–H groups in total. The van der Waals surface area contributed by atoms with Gasteiger partial charge in [0, 0.05) is 11.8 Å². The summed E-state index contributed by atoms with van der Waals surface area (Å²) in [5.41, 5.74) is -0.883. The molecule has 2 rings (SSSR count). The number of nitro groups is 1. The molecule has 1 fully saturated rings. The van der Waals surface area contributed by atoms with Crippen LogP contribution in [-0.4, -0.2) is 15.2 Å². The van der Waals surface area contributed by atoms with Gasteiger partial charge in [0.2, 0.25) is 5.91 Å². The Morgan fingerprint density at radius 3 is 2.53 bits per heavy atom. The third kappa shape index (κ3) is 2.50. The van der Waals surface area contributed by atoms with Crippen molar-refractivity contribution in [2.75, 3.05) is 5.32 Å². The van der Waals surface area contributed by atoms with Crippen LogP contribution < -0.4 is 5.32 Å². The van der Waals surface area contributed by atoms with Crippen molar-refractivity contribution in [1.29, 1.82) is 0 Å². The normalized spacial score (nSPS) is 23.8. The number of benzene rings is 1. The predicted octanol–water partition coefficient (Wildman–Crippen LogP) is 3.77. The van der Waals surface area contributed by atoms with Crippen LogP contribution in [0.15, 0.2) is 18.2 Å². The number of hydrogen-bond acceptors (Lipinski definition) is 3. The van der Waals surface area contributed by atoms with Crippen LogP contribution in [0.25, 0.3) is 0 Å². The molecule has 1 aliphatic carbocycles. The summed E-state index contributed by atoms with van der Waals surface area (Å²) in [6.45, 7) is 1.63. The van der Waals surface area contributed by atoms with Gasteiger partial charge in [0.1, 0.15) is 9.36 Å². The maximum atomic E-state index is 12.0. The number of hydrogen-bond donors (Lipinski definition) is 1. The largest absolute Gasteiger partial charge is 0.325 e. The molecule has 0 saturated heterocycles. The molecule has 1 aromatic rings. The summed E-state index contributed by atoms with van der Waals surface area (Å²) in [6, 6.07) is 4.01. The standard InChI is InChI=1S/C11H9Cl3N2O3/c1-10(5-11(10,13)14)9(17)15-6-2-3-7(12)8(4-6)16(18)19/h2-4H,5H2,1H3,(H,15,17). The van der Waals surface area contributed by atoms with Crippen molar-refractivity contribution in [2.24, 2.45) is 5.41 Å². The molecule has 1 aliphatic rings. The summed E-state index contributed by atoms with van der Waals surface area (Å²) in [5, 5.41) is 13.3. The third-order valence-electron chi connectivity index (χ3n) is 3.16. The van der Waals surface area contributed by atoms with Crippen LogP contribution in [0.5, 0.6) is 0 Å². The molecule has 5 nitrogen and oxygen atoms in total. The Hall–Kier alpha value is -1.04. The minimum absolute atomic E-state index is 0.00432. The van der Waals surface area contributed by atoms with Crippen molar-refractivity contribution in [2.45, 2.75) is 17.7 Å². The first kappa shape index (κ1) is 14.4. The number of nitrogens with zero attached hydrogens (tertiary/aromatic N) is 1. The van der Waals surface area contributed by atoms with Crippen molar-refractivity contribution in [3.05, 3.63) is 33.3 Å². The second kappa shape index (κ2) is 4.51. The first-order valence-corrected chi connectivity index (χ1v) is 6.44. The monoisotopic (exact) mass is 322 g/mol. The van der Waals surface area contributed by atoms with E-state index in [1.54, 1.807) is 6.92 Å². The highest BCUT2D eigenvalue weighted by Gasteiger charge is 2.67. The molecule has 1 unspecified atom stereocenters. The first-order chi connectivity index (χ1) is 8.67. The Morgan fingerprint density at radius 1 is 1.47 bits per heavy atom. The number of amides is 1. The topological polar surface area (TPSA) is 72.2 Å². The van der Waals surface area contributed by atoms with Crippen LogP contribution in [0.3, 0.4) is 0 Å². The van der Waals surface area contributed by atoms with Gasteiger partial charge in [-0.25, -0.2) is 0 Å². The van der Waals surface area contributed by atoms with E-state index in [2.05, 4.69) is 5.32 Å². The smallest absolute Gasteiger partial charge is 0.289 e. The van der Waals surface area contributed by atoms with Gasteiger partial charge in [-0.05, 0) is 25.5 Å². The van der Waals surface area contributed by atoms with Gasteiger partial charge in [-0.2, -0.15) is 0 Å². The maximum absolute atomic E-state index is 12.0. The molecule has 1 amide bonds. The fraction of sp³-hybridized carbons (Fsp3) is 0.364. The van der Waals surface area contributed by atoms with E-state index in [-0.39, 0.29) is 22.3 Å². The summed E-state index contributed by atoms with van der Waals surface area (Å²) < 4.78 is -1.09. The molecule has 19 heavy (non-hydrogen) atoms. The number of nitro benzene ring substituents is 1. The quantitative estimate of drug-likeness (QED) is 0.523. The Kier molecular flexibility index (Phi) is 3.41. The van der Waals surface area contributed by atoms with E-state index in [0.717, 1.165) is 0 Å². The van der Waals surface area contributed by atoms with E-state index >= 15 is 0 Å². The van der Waals surface area contributed by atoms with E-state index in [4.69, 9.17) is 34.8 Å². The molecule has 0 radical (unpaired) electrons. The fourth-order valence-electron chi connectivity index (χ4n) is 1.65. The van der Waals surface area contributed by atoms with E-state index in [1.165, 1.54) is 18.2 Å². The van der Waals surface area contributed by atoms with Crippen LogP contribution in [0.4, 0.5) is 11.4 Å². The van der Waals surface area contributed by atoms with Crippen molar-refractivity contribution in [3.8, 4) is 0 Å². The number of halogens is 3. The van der Waals surface area contributed by atoms with Crippen molar-refractivity contribution in [1.82, 2.24) is 0 Å². The van der Waals surface area contributed by atoms with Crippen molar-refractivity contribution in [3.63, 3.8) is 0 Å². The zero-order valence-electron chi connectivity index (χ0n) is 9.75. The van der Waals surface area contributed by atoms with Crippen LogP contribution in [0.2, 0.25) is 5.02 Å². The maximum Gasteiger partial charge on any atom is 0.289 e. The zero-order chi connectivity index (χ0) is 14.4. The minimum atomic E-state index is -1.09. The van der Waals surface area contributed by atoms with Gasteiger partial charge in [0.15, 0.2) is 0 Å². The lowest BCUT2D eigenvalue weighted by Crippen LogP contribution is -2.25. The number of carbonyl (C=O) groups is 1. The Balaban J connectivity index is 2.19. The van der Waals surface area contributed by atoms with Gasteiger partial charge >= 0.3 is 0 Å². The highest BCUT2D eigenvalue weighted by molar-refractivity contribution is 6.53. The lowest BCUT2D eigenvalue weighted by Gasteiger charge is -2.12. The molecule has 0 aromatic heterocycles. The zero-order valence-corrected chi connectivity index (χ0v) is 12.0. The van der Waals surface area contributed by atoms with Gasteiger partial charge in [0.05, 0.1) is 10.3 Å². The number of rotatable bonds is 3. The molecule has 8 heteroatoms. The van der Waals surface area contributed by atoms with E-state index in [1.807, 2.05) is 0 Å². The highest BCUT2D eigenvalue weighted by Crippen LogP contribution is 2.64. The van der Waals surface area contributed by atoms with E-state index < -0.39 is 14.7 Å². The summed E-state index contributed by atoms with van der Waals surface area (Å²) in [6.07, 6.45) is 0.338. The molecule has 0 heterocycles. The highest BCUT2D eigenvalue weighted by atomic mass is 35.5. The molecule has 1 saturated carbocycles. The molecule has 1 atom stereocenters. The average molecular weight is 324 g/mol. The molecular weight excluding hydrogens is 314 g/mol. The number of anilines is 1. The molecule has 0 bridgehead atoms. The van der Waals surface area contributed by atoms with Crippen molar-refractivity contribution < 1.29 is 9.72 Å². The Labute approximate surface area is 124 Å². The number of carbonyl (C=O) groups excluding carboxylic acids is 1. The van der Waals surface area contributed by atoms with E-state index in [0.29, 0.717) is 6.42 Å². The number of nitrogens with one attached hydrogen (secondary N) is 1. The third-order valence-corrected chi connectivity index (χ3v) is 4.58. The van der Waals surface area contributed by atoms with Gasteiger partial charge < -0.3 is 5.32 Å². The summed E-state index contributed by atoms with van der Waals surface area (Å²) in [4.78, 5) is 22.1.